The molecule has 1 aromatic heterocycles. The van der Waals surface area contributed by atoms with Crippen molar-refractivity contribution in [3.63, 3.8) is 0 Å². The van der Waals surface area contributed by atoms with Crippen molar-refractivity contribution < 1.29 is 14.0 Å². The highest BCUT2D eigenvalue weighted by atomic mass is 32.1. The summed E-state index contributed by atoms with van der Waals surface area (Å²) >= 11 is 1.44. The van der Waals surface area contributed by atoms with Gasteiger partial charge in [0.2, 0.25) is 5.91 Å². The van der Waals surface area contributed by atoms with E-state index in [0.29, 0.717) is 12.1 Å². The van der Waals surface area contributed by atoms with Gasteiger partial charge in [-0.1, -0.05) is 18.2 Å². The molecule has 0 saturated carbocycles. The minimum atomic E-state index is -0.676. The monoisotopic (exact) mass is 335 g/mol. The molecule has 0 saturated heterocycles. The van der Waals surface area contributed by atoms with Gasteiger partial charge in [-0.3, -0.25) is 4.79 Å². The molecule has 23 heavy (non-hydrogen) atoms. The molecule has 0 aliphatic heterocycles. The van der Waals surface area contributed by atoms with Gasteiger partial charge in [0.25, 0.3) is 0 Å². The van der Waals surface area contributed by atoms with Gasteiger partial charge in [-0.25, -0.2) is 9.18 Å². The van der Waals surface area contributed by atoms with Crippen molar-refractivity contribution in [2.24, 2.45) is 5.73 Å². The van der Waals surface area contributed by atoms with Gasteiger partial charge in [-0.05, 0) is 35.6 Å². The van der Waals surface area contributed by atoms with Crippen LogP contribution in [0.3, 0.4) is 0 Å². The molecule has 2 rings (SSSR count). The van der Waals surface area contributed by atoms with Crippen LogP contribution in [-0.2, 0) is 11.3 Å². The third-order valence-electron chi connectivity index (χ3n) is 3.30. The first-order valence-electron chi connectivity index (χ1n) is 7.07. The number of hydrogen-bond acceptors (Lipinski definition) is 3. The zero-order chi connectivity index (χ0) is 16.8. The average Bonchev–Trinajstić information content (AvgIpc) is 3.01. The third-order valence-corrected chi connectivity index (χ3v) is 4.29. The van der Waals surface area contributed by atoms with E-state index in [-0.39, 0.29) is 18.1 Å². The molecule has 0 aliphatic rings. The Kier molecular flexibility index (Phi) is 5.70. The normalized spacial score (nSPS) is 11.7. The van der Waals surface area contributed by atoms with Gasteiger partial charge in [0.05, 0.1) is 12.5 Å². The lowest BCUT2D eigenvalue weighted by molar-refractivity contribution is -0.121. The molecular formula is C16H18FN3O2S. The molecule has 7 heteroatoms. The van der Waals surface area contributed by atoms with E-state index >= 15 is 0 Å². The van der Waals surface area contributed by atoms with Gasteiger partial charge in [0.15, 0.2) is 0 Å². The minimum absolute atomic E-state index is 0.0869. The van der Waals surface area contributed by atoms with Crippen LogP contribution in [0.4, 0.5) is 9.18 Å². The fourth-order valence-electron chi connectivity index (χ4n) is 2.16. The number of primary amides is 1. The fraction of sp³-hybridized carbons (Fsp3) is 0.250. The Hall–Kier alpha value is -2.41. The van der Waals surface area contributed by atoms with Crippen molar-refractivity contribution in [2.45, 2.75) is 25.9 Å². The maximum Gasteiger partial charge on any atom is 0.312 e. The summed E-state index contributed by atoms with van der Waals surface area (Å²) in [5.41, 5.74) is 6.50. The van der Waals surface area contributed by atoms with E-state index < -0.39 is 12.1 Å². The summed E-state index contributed by atoms with van der Waals surface area (Å²) in [5, 5.41) is 7.19. The molecule has 0 bridgehead atoms. The van der Waals surface area contributed by atoms with E-state index in [1.165, 1.54) is 17.4 Å². The Labute approximate surface area is 137 Å². The third kappa shape index (κ3) is 5.07. The summed E-state index contributed by atoms with van der Waals surface area (Å²) < 4.78 is 13.2. The molecule has 1 atom stereocenters. The highest BCUT2D eigenvalue weighted by Gasteiger charge is 2.18. The summed E-state index contributed by atoms with van der Waals surface area (Å²) in [6.07, 6.45) is 0.0869. The summed E-state index contributed by atoms with van der Waals surface area (Å²) in [6.45, 7) is 1.97. The van der Waals surface area contributed by atoms with Crippen molar-refractivity contribution in [1.29, 1.82) is 0 Å². The van der Waals surface area contributed by atoms with Gasteiger partial charge >= 0.3 is 6.03 Å². The molecule has 122 valence electrons. The lowest BCUT2D eigenvalue weighted by Crippen LogP contribution is -2.36. The number of aryl methyl sites for hydroxylation is 1. The zero-order valence-electron chi connectivity index (χ0n) is 12.6. The number of carbonyl (C=O) groups is 2. The molecule has 2 aromatic rings. The molecule has 0 radical (unpaired) electrons. The molecule has 4 N–H and O–H groups in total. The number of thiophene rings is 1. The first kappa shape index (κ1) is 17.0. The molecule has 1 heterocycles. The van der Waals surface area contributed by atoms with Crippen LogP contribution >= 0.6 is 11.3 Å². The molecule has 0 spiro atoms. The van der Waals surface area contributed by atoms with E-state index in [0.717, 1.165) is 10.4 Å². The average molecular weight is 335 g/mol. The molecule has 5 nitrogen and oxygen atoms in total. The lowest BCUT2D eigenvalue weighted by Gasteiger charge is -2.16. The van der Waals surface area contributed by atoms with Crippen molar-refractivity contribution in [3.8, 4) is 0 Å². The molecule has 0 aliphatic carbocycles. The van der Waals surface area contributed by atoms with Gasteiger partial charge in [0.1, 0.15) is 5.82 Å². The van der Waals surface area contributed by atoms with Crippen molar-refractivity contribution in [1.82, 2.24) is 10.6 Å². The molecule has 0 unspecified atom stereocenters. The van der Waals surface area contributed by atoms with E-state index in [1.54, 1.807) is 19.1 Å². The first-order valence-corrected chi connectivity index (χ1v) is 7.95. The maximum absolute atomic E-state index is 13.2. The van der Waals surface area contributed by atoms with Gasteiger partial charge in [0, 0.05) is 11.4 Å². The largest absolute Gasteiger partial charge is 0.352 e. The van der Waals surface area contributed by atoms with Crippen LogP contribution in [0.2, 0.25) is 0 Å². The maximum atomic E-state index is 13.2. The number of nitrogens with two attached hydrogens (primary N) is 1. The smallest absolute Gasteiger partial charge is 0.312 e. The number of rotatable bonds is 6. The number of amides is 3. The highest BCUT2D eigenvalue weighted by Crippen LogP contribution is 2.21. The van der Waals surface area contributed by atoms with Gasteiger partial charge < -0.3 is 16.4 Å². The van der Waals surface area contributed by atoms with Crippen LogP contribution in [0.15, 0.2) is 35.7 Å². The van der Waals surface area contributed by atoms with E-state index in [9.17, 15) is 14.0 Å². The Morgan fingerprint density at radius 2 is 2.13 bits per heavy atom. The number of urea groups is 1. The molecule has 3 amide bonds. The van der Waals surface area contributed by atoms with Crippen LogP contribution in [0.1, 0.15) is 28.5 Å². The summed E-state index contributed by atoms with van der Waals surface area (Å²) in [7, 11) is 0. The standard InChI is InChI=1S/C16H18FN3O2S/c1-10-7-11(4-5-12(10)17)9-19-15(21)8-13(20-16(18)22)14-3-2-6-23-14/h2-7,13H,8-9H2,1H3,(H,19,21)(H3,18,20,22)/t13-/m1/s1. The number of hydrogen-bond donors (Lipinski definition) is 3. The SMILES string of the molecule is Cc1cc(CNC(=O)C[C@@H](NC(N)=O)c2cccs2)ccc1F. The Balaban J connectivity index is 1.93. The van der Waals surface area contributed by atoms with E-state index in [2.05, 4.69) is 10.6 Å². The molecular weight excluding hydrogens is 317 g/mol. The predicted molar refractivity (Wildman–Crippen MR) is 87.4 cm³/mol. The van der Waals surface area contributed by atoms with Crippen molar-refractivity contribution in [2.75, 3.05) is 0 Å². The van der Waals surface area contributed by atoms with Crippen LogP contribution in [0.25, 0.3) is 0 Å². The second kappa shape index (κ2) is 7.73. The predicted octanol–water partition coefficient (Wildman–Crippen LogP) is 2.61. The minimum Gasteiger partial charge on any atom is -0.352 e. The number of nitrogens with one attached hydrogen (secondary N) is 2. The van der Waals surface area contributed by atoms with Crippen molar-refractivity contribution in [3.05, 3.63) is 57.5 Å². The van der Waals surface area contributed by atoms with Crippen LogP contribution in [0, 0.1) is 12.7 Å². The zero-order valence-corrected chi connectivity index (χ0v) is 13.5. The second-order valence-corrected chi connectivity index (χ2v) is 6.12. The Bertz CT molecular complexity index is 689. The summed E-state index contributed by atoms with van der Waals surface area (Å²) in [4.78, 5) is 24.0. The lowest BCUT2D eigenvalue weighted by atomic mass is 10.1. The summed E-state index contributed by atoms with van der Waals surface area (Å²) in [5.74, 6) is -0.498. The topological polar surface area (TPSA) is 84.2 Å². The van der Waals surface area contributed by atoms with Gasteiger partial charge in [-0.2, -0.15) is 0 Å². The van der Waals surface area contributed by atoms with Crippen LogP contribution in [0.5, 0.6) is 0 Å². The quantitative estimate of drug-likeness (QED) is 0.758. The van der Waals surface area contributed by atoms with Crippen LogP contribution < -0.4 is 16.4 Å². The van der Waals surface area contributed by atoms with Crippen LogP contribution in [-0.4, -0.2) is 11.9 Å². The number of halogens is 1. The Morgan fingerprint density at radius 3 is 2.74 bits per heavy atom. The summed E-state index contributed by atoms with van der Waals surface area (Å²) in [6, 6.07) is 7.24. The first-order chi connectivity index (χ1) is 11.0. The Morgan fingerprint density at radius 1 is 1.35 bits per heavy atom. The number of carbonyl (C=O) groups excluding carboxylic acids is 2. The molecule has 1 aromatic carbocycles. The van der Waals surface area contributed by atoms with Gasteiger partial charge in [-0.15, -0.1) is 11.3 Å². The fourth-order valence-corrected chi connectivity index (χ4v) is 2.94. The van der Waals surface area contributed by atoms with E-state index in [4.69, 9.17) is 5.73 Å². The van der Waals surface area contributed by atoms with Crippen molar-refractivity contribution >= 4 is 23.3 Å². The second-order valence-electron chi connectivity index (χ2n) is 5.14. The highest BCUT2D eigenvalue weighted by molar-refractivity contribution is 7.10. The van der Waals surface area contributed by atoms with E-state index in [1.807, 2.05) is 17.5 Å². The number of benzene rings is 1. The molecule has 0 fully saturated rings.